The van der Waals surface area contributed by atoms with Gasteiger partial charge in [0.15, 0.2) is 46.3 Å². The van der Waals surface area contributed by atoms with Crippen LogP contribution in [-0.2, 0) is 31.9 Å². The number of hydrogen-bond acceptors (Lipinski definition) is 8. The number of carbonyl (C=O) groups is 2. The van der Waals surface area contributed by atoms with E-state index < -0.39 is 35.1 Å². The Morgan fingerprint density at radius 2 is 0.596 bits per heavy atom. The number of unbranched alkanes of at least 4 members (excludes halogenated alkanes) is 16. The zero-order chi connectivity index (χ0) is 69.8. The highest BCUT2D eigenvalue weighted by atomic mass is 19.1. The lowest BCUT2D eigenvalue weighted by molar-refractivity contribution is -0.161. The fourth-order valence-corrected chi connectivity index (χ4v) is 12.5. The van der Waals surface area contributed by atoms with Crippen molar-refractivity contribution in [3.63, 3.8) is 0 Å². The molecule has 2 bridgehead atoms. The lowest BCUT2D eigenvalue weighted by atomic mass is 9.83. The first-order valence-corrected chi connectivity index (χ1v) is 36.5. The van der Waals surface area contributed by atoms with E-state index in [-0.39, 0.29) is 46.8 Å². The van der Waals surface area contributed by atoms with Crippen LogP contribution in [0.3, 0.4) is 0 Å². The van der Waals surface area contributed by atoms with Gasteiger partial charge in [-0.2, -0.15) is 0 Å². The van der Waals surface area contributed by atoms with Gasteiger partial charge >= 0.3 is 11.9 Å². The largest absolute Gasteiger partial charge is 0.491 e. The van der Waals surface area contributed by atoms with E-state index >= 15 is 0 Å². The summed E-state index contributed by atoms with van der Waals surface area (Å²) in [5.74, 6) is 23.1. The Balaban J connectivity index is 0.690. The van der Waals surface area contributed by atoms with E-state index in [9.17, 15) is 27.2 Å². The summed E-state index contributed by atoms with van der Waals surface area (Å²) >= 11 is 0. The second-order valence-electron chi connectivity index (χ2n) is 25.9. The van der Waals surface area contributed by atoms with Crippen molar-refractivity contribution in [2.45, 2.75) is 188 Å². The molecule has 1 fully saturated rings. The van der Waals surface area contributed by atoms with Crippen LogP contribution in [0.4, 0.5) is 17.6 Å². The van der Waals surface area contributed by atoms with Crippen LogP contribution in [0.25, 0.3) is 0 Å². The van der Waals surface area contributed by atoms with Crippen LogP contribution < -0.4 is 18.9 Å². The van der Waals surface area contributed by atoms with Crippen molar-refractivity contribution >= 4 is 11.9 Å². The Morgan fingerprint density at radius 3 is 0.889 bits per heavy atom. The van der Waals surface area contributed by atoms with E-state index in [4.69, 9.17) is 28.4 Å². The molecule has 2 unspecified atom stereocenters. The lowest BCUT2D eigenvalue weighted by Crippen LogP contribution is -2.35. The predicted molar refractivity (Wildman–Crippen MR) is 386 cm³/mol. The van der Waals surface area contributed by atoms with Crippen LogP contribution in [-0.4, -0.2) is 51.6 Å². The van der Waals surface area contributed by atoms with E-state index in [0.29, 0.717) is 61.9 Å². The van der Waals surface area contributed by atoms with E-state index in [1.165, 1.54) is 24.3 Å². The molecule has 2 aliphatic rings. The normalized spacial score (nSPS) is 14.7. The van der Waals surface area contributed by atoms with Crippen molar-refractivity contribution in [1.29, 1.82) is 0 Å². The molecule has 99 heavy (non-hydrogen) atoms. The summed E-state index contributed by atoms with van der Waals surface area (Å²) in [5, 5.41) is 0. The van der Waals surface area contributed by atoms with E-state index in [2.05, 4.69) is 71.6 Å². The van der Waals surface area contributed by atoms with Crippen molar-refractivity contribution in [3.8, 4) is 70.4 Å². The Bertz CT molecular complexity index is 3630. The second kappa shape index (κ2) is 42.2. The van der Waals surface area contributed by atoms with Crippen molar-refractivity contribution in [2.75, 3.05) is 39.6 Å². The van der Waals surface area contributed by atoms with Crippen LogP contribution in [0.1, 0.15) is 231 Å². The number of allylic oxidation sites excluding steroid dienone is 2. The molecule has 8 nitrogen and oxygen atoms in total. The molecule has 0 aliphatic heterocycles. The van der Waals surface area contributed by atoms with Crippen LogP contribution in [0, 0.1) is 94.3 Å². The molecular weight excluding hydrogens is 1250 g/mol. The number of aryl methyl sites for hydroxylation is 2. The molecule has 0 aromatic heterocycles. The fraction of sp³-hybridized carbons (Fsp3) is 0.448. The number of hydrogen-bond donors (Lipinski definition) is 0. The van der Waals surface area contributed by atoms with Gasteiger partial charge in [-0.3, -0.25) is 9.59 Å². The zero-order valence-corrected chi connectivity index (χ0v) is 58.6. The molecule has 0 saturated heterocycles. The molecule has 0 amide bonds. The maximum atomic E-state index is 14.8. The summed E-state index contributed by atoms with van der Waals surface area (Å²) in [4.78, 5) is 27.0. The average Bonchev–Trinajstić information content (AvgIpc) is 1.62. The molecule has 0 N–H and O–H groups in total. The molecule has 6 aromatic rings. The molecule has 8 rings (SSSR count). The summed E-state index contributed by atoms with van der Waals surface area (Å²) in [7, 11) is 0. The number of carbonyl (C=O) groups excluding carboxylic acids is 2. The van der Waals surface area contributed by atoms with Gasteiger partial charge in [-0.15, -0.1) is 0 Å². The summed E-state index contributed by atoms with van der Waals surface area (Å²) in [6.07, 6.45) is 28.4. The first-order valence-electron chi connectivity index (χ1n) is 36.5. The van der Waals surface area contributed by atoms with Crippen molar-refractivity contribution in [2.24, 2.45) is 23.7 Å². The minimum atomic E-state index is -0.489. The Kier molecular flexibility index (Phi) is 32.4. The highest BCUT2D eigenvalue weighted by molar-refractivity contribution is 5.84. The average molecular weight is 1350 g/mol. The number of esters is 2. The summed E-state index contributed by atoms with van der Waals surface area (Å²) in [6.45, 7) is 10.4. The van der Waals surface area contributed by atoms with Crippen LogP contribution in [0.2, 0.25) is 0 Å². The second-order valence-corrected chi connectivity index (χ2v) is 25.9. The van der Waals surface area contributed by atoms with Crippen molar-refractivity contribution < 1.29 is 55.6 Å². The monoisotopic (exact) mass is 1350 g/mol. The summed E-state index contributed by atoms with van der Waals surface area (Å²) in [5.41, 5.74) is 7.68. The first-order chi connectivity index (χ1) is 48.4. The Hall–Kier alpha value is -8.84. The highest BCUT2D eigenvalue weighted by Crippen LogP contribution is 2.49. The van der Waals surface area contributed by atoms with Gasteiger partial charge in [0.25, 0.3) is 0 Å². The van der Waals surface area contributed by atoms with Gasteiger partial charge in [0, 0.05) is 44.5 Å². The third-order valence-corrected chi connectivity index (χ3v) is 17.8. The number of benzene rings is 6. The molecular formula is C87H98F4O8. The van der Waals surface area contributed by atoms with Crippen LogP contribution >= 0.6 is 0 Å². The molecule has 0 heterocycles. The third-order valence-electron chi connectivity index (χ3n) is 17.8. The zero-order valence-electron chi connectivity index (χ0n) is 58.6. The van der Waals surface area contributed by atoms with E-state index in [0.717, 1.165) is 194 Å². The number of fused-ring (bicyclic) bond motifs is 2. The lowest BCUT2D eigenvalue weighted by Gasteiger charge is -2.25. The van der Waals surface area contributed by atoms with Gasteiger partial charge in [-0.25, -0.2) is 17.6 Å². The summed E-state index contributed by atoms with van der Waals surface area (Å²) < 4.78 is 92.6. The minimum Gasteiger partial charge on any atom is -0.491 e. The van der Waals surface area contributed by atoms with Gasteiger partial charge in [-0.1, -0.05) is 177 Å². The first kappa shape index (κ1) is 75.9. The smallest absolute Gasteiger partial charge is 0.310 e. The van der Waals surface area contributed by atoms with Crippen molar-refractivity contribution in [3.05, 3.63) is 200 Å². The van der Waals surface area contributed by atoms with Gasteiger partial charge in [0.2, 0.25) is 0 Å². The molecule has 0 spiro atoms. The SMILES string of the molecule is CCCOc1ccc(C#Cc2ccc(C#Cc3ccc(OCCC)c(F)c3)c(CCCCCCCCCCCOC(=O)[C@@H]3C4C=CC(C4)[C@H]3C(=O)OCCCCCCCCCCCc3cc(C#Cc4ccc(OCCC)c(F)c4)ccc3C#Cc3ccc(OCCC)c(F)c3)c2)cc1F. The standard InChI is InChI=1S/C87H98F4O8/c1-5-51-94-80-47-37-66(59-76(80)88)31-29-64-33-41-70(43-35-68-39-49-82(78(90)61-68)96-53-7-3)72(57-64)27-23-19-15-11-9-13-17-21-25-55-98-86(92)84-74-45-46-75(63-74)85(84)87(93)99-56-26-22-18-14-10-12-16-20-24-28-73-58-65(30-32-67-38-48-81(77(89)60-67)95-52-6-2)34-42-71(73)44-36-69-40-50-83(79(91)62-69)97-54-8-4/h33-34,37-42,45-50,57-62,74-75,84-85H,5-28,51-56,63H2,1-4H3/t74?,75?,84-,85-/m1/s1. The minimum absolute atomic E-state index is 0.0112. The molecule has 522 valence electrons. The Morgan fingerprint density at radius 1 is 0.333 bits per heavy atom. The van der Waals surface area contributed by atoms with Gasteiger partial charge < -0.3 is 28.4 Å². The number of halogens is 4. The molecule has 2 aliphatic carbocycles. The number of ether oxygens (including phenoxy) is 6. The van der Waals surface area contributed by atoms with Gasteiger partial charge in [0.05, 0.1) is 51.5 Å². The summed E-state index contributed by atoms with van der Waals surface area (Å²) in [6, 6.07) is 31.0. The maximum Gasteiger partial charge on any atom is 0.310 e. The molecule has 12 heteroatoms. The van der Waals surface area contributed by atoms with Gasteiger partial charge in [-0.05, 0) is 203 Å². The van der Waals surface area contributed by atoms with E-state index in [1.807, 2.05) is 52.0 Å². The van der Waals surface area contributed by atoms with Gasteiger partial charge in [0.1, 0.15) is 0 Å². The van der Waals surface area contributed by atoms with Crippen LogP contribution in [0.15, 0.2) is 121 Å². The number of rotatable bonds is 38. The maximum absolute atomic E-state index is 14.8. The molecule has 0 radical (unpaired) electrons. The fourth-order valence-electron chi connectivity index (χ4n) is 12.5. The van der Waals surface area contributed by atoms with Crippen LogP contribution in [0.5, 0.6) is 23.0 Å². The molecule has 6 aromatic carbocycles. The molecule has 1 saturated carbocycles. The topological polar surface area (TPSA) is 89.5 Å². The third kappa shape index (κ3) is 25.1. The quantitative estimate of drug-likeness (QED) is 0.0125. The predicted octanol–water partition coefficient (Wildman–Crippen LogP) is 20.3. The molecule has 4 atom stereocenters. The van der Waals surface area contributed by atoms with Crippen molar-refractivity contribution in [1.82, 2.24) is 0 Å². The highest BCUT2D eigenvalue weighted by Gasteiger charge is 2.53. The van der Waals surface area contributed by atoms with E-state index in [1.54, 1.807) is 48.5 Å². The Labute approximate surface area is 586 Å².